The van der Waals surface area contributed by atoms with Crippen LogP contribution in [0.3, 0.4) is 0 Å². The normalized spacial score (nSPS) is 12.7. The first-order valence-electron chi connectivity index (χ1n) is 5.07. The van der Waals surface area contributed by atoms with Crippen LogP contribution in [0.5, 0.6) is 0 Å². The minimum absolute atomic E-state index is 0.112. The summed E-state index contributed by atoms with van der Waals surface area (Å²) in [5, 5.41) is 0. The molecule has 0 radical (unpaired) electrons. The first-order chi connectivity index (χ1) is 7.77. The van der Waals surface area contributed by atoms with Crippen molar-refractivity contribution >= 4 is 37.7 Å². The van der Waals surface area contributed by atoms with Crippen LogP contribution in [0.2, 0.25) is 0 Å². The fourth-order valence-corrected chi connectivity index (χ4v) is 3.17. The van der Waals surface area contributed by atoms with Crippen LogP contribution in [0.4, 0.5) is 0 Å². The lowest BCUT2D eigenvalue weighted by molar-refractivity contribution is 0.570. The van der Waals surface area contributed by atoms with E-state index in [0.29, 0.717) is 6.54 Å². The van der Waals surface area contributed by atoms with Crippen molar-refractivity contribution in [3.63, 3.8) is 0 Å². The molecule has 1 aromatic rings. The molecule has 1 N–H and O–H groups in total. The van der Waals surface area contributed by atoms with Gasteiger partial charge in [-0.05, 0) is 38.3 Å². The largest absolute Gasteiger partial charge is 0.240 e. The maximum absolute atomic E-state index is 12.0. The van der Waals surface area contributed by atoms with Crippen molar-refractivity contribution in [2.24, 2.45) is 0 Å². The SMILES string of the molecule is CSC(C)(C)CNS(=O)(=O)c1cccc(Br)c1. The minimum atomic E-state index is -3.42. The van der Waals surface area contributed by atoms with Gasteiger partial charge in [0.1, 0.15) is 0 Å². The molecule has 0 aliphatic rings. The number of nitrogens with one attached hydrogen (secondary N) is 1. The number of hydrogen-bond acceptors (Lipinski definition) is 3. The number of thioether (sulfide) groups is 1. The van der Waals surface area contributed by atoms with Crippen LogP contribution in [0.1, 0.15) is 13.8 Å². The average molecular weight is 338 g/mol. The van der Waals surface area contributed by atoms with E-state index < -0.39 is 10.0 Å². The summed E-state index contributed by atoms with van der Waals surface area (Å²) in [7, 11) is -3.42. The third-order valence-electron chi connectivity index (χ3n) is 2.35. The zero-order valence-corrected chi connectivity index (χ0v) is 13.2. The molecule has 3 nitrogen and oxygen atoms in total. The molecular weight excluding hydrogens is 322 g/mol. The first-order valence-corrected chi connectivity index (χ1v) is 8.57. The molecule has 0 spiro atoms. The zero-order chi connectivity index (χ0) is 13.1. The Bertz CT molecular complexity index is 486. The number of hydrogen-bond donors (Lipinski definition) is 1. The van der Waals surface area contributed by atoms with E-state index in [1.807, 2.05) is 20.1 Å². The van der Waals surface area contributed by atoms with Crippen LogP contribution >= 0.6 is 27.7 Å². The Balaban J connectivity index is 2.83. The van der Waals surface area contributed by atoms with Gasteiger partial charge in [0, 0.05) is 15.8 Å². The molecule has 6 heteroatoms. The Morgan fingerprint density at radius 2 is 2.06 bits per heavy atom. The Kier molecular flexibility index (Phi) is 5.07. The van der Waals surface area contributed by atoms with Crippen molar-refractivity contribution in [1.82, 2.24) is 4.72 Å². The predicted octanol–water partition coefficient (Wildman–Crippen LogP) is 2.87. The molecule has 0 heterocycles. The molecule has 0 amide bonds. The second-order valence-electron chi connectivity index (χ2n) is 4.25. The molecule has 0 saturated carbocycles. The highest BCUT2D eigenvalue weighted by atomic mass is 79.9. The van der Waals surface area contributed by atoms with E-state index in [0.717, 1.165) is 4.47 Å². The van der Waals surface area contributed by atoms with Crippen LogP contribution in [0.25, 0.3) is 0 Å². The topological polar surface area (TPSA) is 46.2 Å². The summed E-state index contributed by atoms with van der Waals surface area (Å²) in [6.45, 7) is 4.41. The maximum Gasteiger partial charge on any atom is 0.240 e. The first kappa shape index (κ1) is 15.0. The molecule has 0 aliphatic heterocycles. The van der Waals surface area contributed by atoms with Crippen molar-refractivity contribution in [2.45, 2.75) is 23.5 Å². The standard InChI is InChI=1S/C11H16BrNO2S2/c1-11(2,16-3)8-13-17(14,15)10-6-4-5-9(12)7-10/h4-7,13H,8H2,1-3H3. The number of sulfonamides is 1. The van der Waals surface area contributed by atoms with Crippen molar-refractivity contribution < 1.29 is 8.42 Å². The van der Waals surface area contributed by atoms with Gasteiger partial charge in [0.15, 0.2) is 0 Å². The van der Waals surface area contributed by atoms with Crippen molar-refractivity contribution in [1.29, 1.82) is 0 Å². The molecule has 1 rings (SSSR count). The number of rotatable bonds is 5. The summed E-state index contributed by atoms with van der Waals surface area (Å²) >= 11 is 4.89. The molecule has 17 heavy (non-hydrogen) atoms. The molecule has 0 aliphatic carbocycles. The van der Waals surface area contributed by atoms with Gasteiger partial charge >= 0.3 is 0 Å². The Morgan fingerprint density at radius 3 is 2.59 bits per heavy atom. The quantitative estimate of drug-likeness (QED) is 0.898. The van der Waals surface area contributed by atoms with Gasteiger partial charge in [0.25, 0.3) is 0 Å². The molecule has 0 saturated heterocycles. The number of halogens is 1. The molecule has 96 valence electrons. The van der Waals surface area contributed by atoms with Gasteiger partial charge < -0.3 is 0 Å². The van der Waals surface area contributed by atoms with Gasteiger partial charge in [0.05, 0.1) is 4.90 Å². The molecule has 0 fully saturated rings. The van der Waals surface area contributed by atoms with Crippen LogP contribution in [0.15, 0.2) is 33.6 Å². The maximum atomic E-state index is 12.0. The van der Waals surface area contributed by atoms with Gasteiger partial charge in [-0.3, -0.25) is 0 Å². The predicted molar refractivity (Wildman–Crippen MR) is 76.9 cm³/mol. The fourth-order valence-electron chi connectivity index (χ4n) is 1.06. The summed E-state index contributed by atoms with van der Waals surface area (Å²) in [6, 6.07) is 6.68. The third kappa shape index (κ3) is 4.62. The summed E-state index contributed by atoms with van der Waals surface area (Å²) in [5.41, 5.74) is 0. The van der Waals surface area contributed by atoms with Gasteiger partial charge in [-0.2, -0.15) is 11.8 Å². The van der Waals surface area contributed by atoms with Crippen LogP contribution in [-0.2, 0) is 10.0 Å². The highest BCUT2D eigenvalue weighted by molar-refractivity contribution is 9.10. The Labute approximate surface area is 116 Å². The number of benzene rings is 1. The minimum Gasteiger partial charge on any atom is -0.210 e. The lowest BCUT2D eigenvalue weighted by Gasteiger charge is -2.22. The Hall–Kier alpha value is -0.0400. The van der Waals surface area contributed by atoms with E-state index in [1.54, 1.807) is 36.0 Å². The van der Waals surface area contributed by atoms with Gasteiger partial charge in [0.2, 0.25) is 10.0 Å². The molecule has 0 aromatic heterocycles. The monoisotopic (exact) mass is 337 g/mol. The molecule has 0 unspecified atom stereocenters. The molecular formula is C11H16BrNO2S2. The summed E-state index contributed by atoms with van der Waals surface area (Å²) in [5.74, 6) is 0. The lowest BCUT2D eigenvalue weighted by Crippen LogP contribution is -2.36. The molecule has 0 atom stereocenters. The van der Waals surface area contributed by atoms with E-state index in [-0.39, 0.29) is 9.64 Å². The highest BCUT2D eigenvalue weighted by Gasteiger charge is 2.21. The van der Waals surface area contributed by atoms with Gasteiger partial charge in [-0.25, -0.2) is 13.1 Å². The molecule has 0 bridgehead atoms. The van der Waals surface area contributed by atoms with Gasteiger partial charge in [-0.15, -0.1) is 0 Å². The smallest absolute Gasteiger partial charge is 0.210 e. The summed E-state index contributed by atoms with van der Waals surface area (Å²) in [6.07, 6.45) is 1.97. The fraction of sp³-hybridized carbons (Fsp3) is 0.455. The van der Waals surface area contributed by atoms with Crippen LogP contribution < -0.4 is 4.72 Å². The van der Waals surface area contributed by atoms with Crippen molar-refractivity contribution in [3.8, 4) is 0 Å². The van der Waals surface area contributed by atoms with E-state index in [9.17, 15) is 8.42 Å². The van der Waals surface area contributed by atoms with E-state index in [1.165, 1.54) is 0 Å². The second-order valence-corrected chi connectivity index (χ2v) is 8.44. The second kappa shape index (κ2) is 5.73. The summed E-state index contributed by atoms with van der Waals surface area (Å²) < 4.78 is 27.3. The highest BCUT2D eigenvalue weighted by Crippen LogP contribution is 2.21. The van der Waals surface area contributed by atoms with Gasteiger partial charge in [-0.1, -0.05) is 22.0 Å². The summed E-state index contributed by atoms with van der Waals surface area (Å²) in [4.78, 5) is 0.281. The zero-order valence-electron chi connectivity index (χ0n) is 10.0. The van der Waals surface area contributed by atoms with E-state index in [4.69, 9.17) is 0 Å². The van der Waals surface area contributed by atoms with Crippen LogP contribution in [-0.4, -0.2) is 26.0 Å². The van der Waals surface area contributed by atoms with Crippen LogP contribution in [0, 0.1) is 0 Å². The van der Waals surface area contributed by atoms with E-state index >= 15 is 0 Å². The Morgan fingerprint density at radius 1 is 1.41 bits per heavy atom. The third-order valence-corrected chi connectivity index (χ3v) is 5.49. The average Bonchev–Trinajstić information content (AvgIpc) is 2.27. The lowest BCUT2D eigenvalue weighted by atomic mass is 10.2. The molecule has 1 aromatic carbocycles. The van der Waals surface area contributed by atoms with E-state index in [2.05, 4.69) is 20.7 Å². The van der Waals surface area contributed by atoms with Crippen molar-refractivity contribution in [3.05, 3.63) is 28.7 Å². The van der Waals surface area contributed by atoms with Crippen molar-refractivity contribution in [2.75, 3.05) is 12.8 Å².